The van der Waals surface area contributed by atoms with Crippen molar-refractivity contribution in [3.8, 4) is 51.0 Å². The van der Waals surface area contributed by atoms with Crippen molar-refractivity contribution in [1.29, 1.82) is 0 Å². The van der Waals surface area contributed by atoms with Crippen molar-refractivity contribution in [2.75, 3.05) is 0 Å². The highest BCUT2D eigenvalue weighted by molar-refractivity contribution is 6.18. The number of nitrogens with zero attached hydrogens (tertiary/aromatic N) is 5. The molecular weight excluding hydrogens is 759 g/mol. The van der Waals surface area contributed by atoms with Crippen LogP contribution in [-0.2, 0) is 0 Å². The summed E-state index contributed by atoms with van der Waals surface area (Å²) in [6.07, 6.45) is 0. The lowest BCUT2D eigenvalue weighted by atomic mass is 10.0. The lowest BCUT2D eigenvalue weighted by molar-refractivity contribution is 0.669. The van der Waals surface area contributed by atoms with Gasteiger partial charge in [-0.3, -0.25) is 4.57 Å². The van der Waals surface area contributed by atoms with Crippen LogP contribution in [0.25, 0.3) is 117 Å². The quantitative estimate of drug-likeness (QED) is 0.168. The Balaban J connectivity index is 1.07. The first kappa shape index (κ1) is 34.4. The Labute approximate surface area is 355 Å². The van der Waals surface area contributed by atoms with Gasteiger partial charge in [-0.15, -0.1) is 10.2 Å². The number of aromatic nitrogens is 5. The molecule has 0 amide bonds. The van der Waals surface area contributed by atoms with Crippen LogP contribution in [0.2, 0.25) is 0 Å². The maximum Gasteiger partial charge on any atom is 0.168 e. The smallest absolute Gasteiger partial charge is 0.168 e. The number of hydrogen-bond acceptors (Lipinski definition) is 3. The molecule has 0 aliphatic heterocycles. The highest BCUT2D eigenvalue weighted by atomic mass is 16.3. The van der Waals surface area contributed by atoms with Crippen LogP contribution >= 0.6 is 0 Å². The van der Waals surface area contributed by atoms with Gasteiger partial charge in [0.2, 0.25) is 0 Å². The molecule has 0 aliphatic rings. The van der Waals surface area contributed by atoms with E-state index in [1.165, 1.54) is 10.8 Å². The lowest BCUT2D eigenvalue weighted by Crippen LogP contribution is -2.02. The van der Waals surface area contributed by atoms with E-state index < -0.39 is 0 Å². The fraction of sp³-hybridized carbons (Fsp3) is 0. The van der Waals surface area contributed by atoms with Gasteiger partial charge in [-0.05, 0) is 48.5 Å². The Bertz CT molecular complexity index is 3810. The summed E-state index contributed by atoms with van der Waals surface area (Å²) in [5.41, 5.74) is 13.6. The molecule has 0 fully saturated rings. The number of para-hydroxylation sites is 5. The Hall–Kier alpha value is -8.48. The number of furan rings is 1. The summed E-state index contributed by atoms with van der Waals surface area (Å²) >= 11 is 0. The summed E-state index contributed by atoms with van der Waals surface area (Å²) in [5.74, 6) is 1.57. The summed E-state index contributed by atoms with van der Waals surface area (Å²) in [5, 5.41) is 16.6. The average molecular weight is 794 g/mol. The number of fused-ring (bicyclic) bond motifs is 9. The molecule has 6 nitrogen and oxygen atoms in total. The third-order valence-electron chi connectivity index (χ3n) is 12.4. The zero-order valence-electron chi connectivity index (χ0n) is 33.4. The molecular formula is C56H35N5O. The van der Waals surface area contributed by atoms with Crippen molar-refractivity contribution >= 4 is 65.6 Å². The van der Waals surface area contributed by atoms with E-state index in [9.17, 15) is 0 Å². The highest BCUT2D eigenvalue weighted by Gasteiger charge is 2.25. The molecule has 4 aromatic heterocycles. The molecule has 0 aliphatic carbocycles. The Morgan fingerprint density at radius 1 is 0.306 bits per heavy atom. The number of hydrogen-bond donors (Lipinski definition) is 0. The van der Waals surface area contributed by atoms with Crippen molar-refractivity contribution in [3.63, 3.8) is 0 Å². The summed E-state index contributed by atoms with van der Waals surface area (Å²) in [7, 11) is 0. The molecule has 0 atom stereocenters. The molecule has 9 aromatic carbocycles. The van der Waals surface area contributed by atoms with Gasteiger partial charge in [0.1, 0.15) is 11.2 Å². The van der Waals surface area contributed by atoms with Crippen LogP contribution in [0, 0.1) is 0 Å². The van der Waals surface area contributed by atoms with Crippen LogP contribution < -0.4 is 0 Å². The van der Waals surface area contributed by atoms with E-state index in [0.29, 0.717) is 0 Å². The van der Waals surface area contributed by atoms with E-state index in [-0.39, 0.29) is 0 Å². The minimum absolute atomic E-state index is 0.786. The van der Waals surface area contributed by atoms with Crippen molar-refractivity contribution < 1.29 is 4.42 Å². The normalized spacial score (nSPS) is 11.9. The van der Waals surface area contributed by atoms with E-state index >= 15 is 0 Å². The van der Waals surface area contributed by atoms with E-state index in [2.05, 4.69) is 202 Å². The predicted octanol–water partition coefficient (Wildman–Crippen LogP) is 14.4. The predicted molar refractivity (Wildman–Crippen MR) is 254 cm³/mol. The average Bonchev–Trinajstić information content (AvgIpc) is 4.11. The van der Waals surface area contributed by atoms with E-state index in [1.54, 1.807) is 0 Å². The molecule has 0 saturated carbocycles. The van der Waals surface area contributed by atoms with Gasteiger partial charge in [-0.2, -0.15) is 0 Å². The molecule has 0 radical (unpaired) electrons. The minimum atomic E-state index is 0.786. The van der Waals surface area contributed by atoms with Crippen LogP contribution in [0.5, 0.6) is 0 Å². The van der Waals surface area contributed by atoms with Crippen LogP contribution in [0.4, 0.5) is 0 Å². The van der Waals surface area contributed by atoms with Gasteiger partial charge in [0.25, 0.3) is 0 Å². The number of benzene rings is 9. The summed E-state index contributed by atoms with van der Waals surface area (Å²) in [6.45, 7) is 0. The van der Waals surface area contributed by atoms with Gasteiger partial charge in [0.05, 0.1) is 39.1 Å². The zero-order chi connectivity index (χ0) is 40.7. The minimum Gasteiger partial charge on any atom is -0.456 e. The summed E-state index contributed by atoms with van der Waals surface area (Å²) in [6, 6.07) is 75.1. The molecule has 13 rings (SSSR count). The van der Waals surface area contributed by atoms with Crippen molar-refractivity contribution in [1.82, 2.24) is 23.9 Å². The number of rotatable bonds is 6. The lowest BCUT2D eigenvalue weighted by Gasteiger charge is -2.18. The highest BCUT2D eigenvalue weighted by Crippen LogP contribution is 2.44. The van der Waals surface area contributed by atoms with Crippen LogP contribution in [-0.4, -0.2) is 23.9 Å². The van der Waals surface area contributed by atoms with E-state index in [0.717, 1.165) is 106 Å². The monoisotopic (exact) mass is 793 g/mol. The molecule has 4 heterocycles. The van der Waals surface area contributed by atoms with Crippen LogP contribution in [0.15, 0.2) is 217 Å². The zero-order valence-corrected chi connectivity index (χ0v) is 33.4. The summed E-state index contributed by atoms with van der Waals surface area (Å²) in [4.78, 5) is 0. The van der Waals surface area contributed by atoms with Gasteiger partial charge in [-0.1, -0.05) is 158 Å². The van der Waals surface area contributed by atoms with Crippen molar-refractivity contribution in [2.45, 2.75) is 0 Å². The Morgan fingerprint density at radius 3 is 1.48 bits per heavy atom. The molecule has 0 N–H and O–H groups in total. The molecule has 62 heavy (non-hydrogen) atoms. The Morgan fingerprint density at radius 2 is 0.806 bits per heavy atom. The molecule has 0 unspecified atom stereocenters. The van der Waals surface area contributed by atoms with Gasteiger partial charge >= 0.3 is 0 Å². The first-order valence-corrected chi connectivity index (χ1v) is 20.9. The maximum absolute atomic E-state index is 6.49. The standard InChI is InChI=1S/C56H35N5O/c1-3-18-36(19-4-1)55-57-58-56(37-20-5-2-6-21-37)61(55)50-32-17-31-49-54(50)42-26-10-15-30-48(42)59(49)45-27-12-7-22-38(45)39-23-8-13-28-46(39)60-47-29-14-9-24-40(47)43-34-44-41-25-11-16-33-52(41)62-53(44)35-51(43)60/h1-35H. The van der Waals surface area contributed by atoms with Crippen molar-refractivity contribution in [2.24, 2.45) is 0 Å². The van der Waals surface area contributed by atoms with E-state index in [4.69, 9.17) is 14.6 Å². The van der Waals surface area contributed by atoms with Crippen molar-refractivity contribution in [3.05, 3.63) is 212 Å². The van der Waals surface area contributed by atoms with Gasteiger partial charge in [-0.25, -0.2) is 0 Å². The fourth-order valence-corrected chi connectivity index (χ4v) is 9.75. The second-order valence-corrected chi connectivity index (χ2v) is 15.8. The first-order chi connectivity index (χ1) is 30.8. The topological polar surface area (TPSA) is 53.7 Å². The molecule has 13 aromatic rings. The first-order valence-electron chi connectivity index (χ1n) is 20.9. The SMILES string of the molecule is c1ccc(-c2nnc(-c3ccccc3)n2-c2cccc3c2c2ccccc2n3-c2ccccc2-c2ccccc2-n2c3ccccc3c3cc4c(cc32)oc2ccccc24)cc1. The third-order valence-corrected chi connectivity index (χ3v) is 12.4. The van der Waals surface area contributed by atoms with Crippen LogP contribution in [0.3, 0.4) is 0 Å². The van der Waals surface area contributed by atoms with Crippen LogP contribution in [0.1, 0.15) is 0 Å². The molecule has 0 spiro atoms. The maximum atomic E-state index is 6.49. The van der Waals surface area contributed by atoms with Gasteiger partial charge < -0.3 is 13.6 Å². The molecule has 290 valence electrons. The summed E-state index contributed by atoms with van der Waals surface area (Å²) < 4.78 is 13.6. The largest absolute Gasteiger partial charge is 0.456 e. The molecule has 0 saturated heterocycles. The third kappa shape index (κ3) is 5.04. The second kappa shape index (κ2) is 13.5. The fourth-order valence-electron chi connectivity index (χ4n) is 9.75. The van der Waals surface area contributed by atoms with Gasteiger partial charge in [0, 0.05) is 60.6 Å². The molecule has 0 bridgehead atoms. The molecule has 6 heteroatoms. The van der Waals surface area contributed by atoms with Gasteiger partial charge in [0.15, 0.2) is 11.6 Å². The second-order valence-electron chi connectivity index (χ2n) is 15.8. The Kier molecular flexibility index (Phi) is 7.50. The van der Waals surface area contributed by atoms with E-state index in [1.807, 2.05) is 24.3 Å².